The van der Waals surface area contributed by atoms with Gasteiger partial charge in [-0.25, -0.2) is 4.31 Å². The van der Waals surface area contributed by atoms with Crippen LogP contribution in [0.3, 0.4) is 0 Å². The molecule has 1 heterocycles. The predicted octanol–water partition coefficient (Wildman–Crippen LogP) is 4.33. The molecule has 2 aromatic carbocycles. The number of benzene rings is 2. The highest BCUT2D eigenvalue weighted by Crippen LogP contribution is 2.41. The monoisotopic (exact) mass is 450 g/mol. The molecule has 1 aliphatic heterocycles. The number of nitrogens with zero attached hydrogens (tertiary/aromatic N) is 2. The van der Waals surface area contributed by atoms with E-state index in [9.17, 15) is 9.90 Å². The summed E-state index contributed by atoms with van der Waals surface area (Å²) in [6.45, 7) is 4.54. The number of hydrogen-bond donors (Lipinski definition) is 1. The number of aliphatic hydroxyl groups excluding tert-OH is 1. The molecule has 1 saturated heterocycles. The number of likely N-dealkylation sites (tertiary alicyclic amines) is 1. The second-order valence-electron chi connectivity index (χ2n) is 7.38. The average Bonchev–Trinajstić information content (AvgIpc) is 2.73. The molecule has 2 aromatic rings. The van der Waals surface area contributed by atoms with Gasteiger partial charge in [0.1, 0.15) is 0 Å². The van der Waals surface area contributed by atoms with Gasteiger partial charge in [0, 0.05) is 12.0 Å². The van der Waals surface area contributed by atoms with Crippen LogP contribution in [0.15, 0.2) is 48.5 Å². The molecule has 0 radical (unpaired) electrons. The molecule has 0 aliphatic carbocycles. The number of rotatable bonds is 6. The van der Waals surface area contributed by atoms with E-state index in [4.69, 9.17) is 0 Å². The Morgan fingerprint density at radius 1 is 1.23 bits per heavy atom. The summed E-state index contributed by atoms with van der Waals surface area (Å²) < 4.78 is 5.63. The summed E-state index contributed by atoms with van der Waals surface area (Å²) in [7, 11) is 3.30. The quantitative estimate of drug-likeness (QED) is 0.663. The third-order valence-electron chi connectivity index (χ3n) is 5.63. The van der Waals surface area contributed by atoms with Crippen molar-refractivity contribution in [2.75, 3.05) is 33.6 Å². The minimum atomic E-state index is -0.146. The van der Waals surface area contributed by atoms with E-state index in [1.165, 1.54) is 41.3 Å². The number of hydrogen-bond acceptors (Lipinski definition) is 5. The molecule has 3 atom stereocenters. The molecular formula is C23H31ClN2O3S. The van der Waals surface area contributed by atoms with Crippen LogP contribution in [0.5, 0.6) is 0 Å². The van der Waals surface area contributed by atoms with Gasteiger partial charge in [-0.15, -0.1) is 0 Å². The van der Waals surface area contributed by atoms with Gasteiger partial charge in [-0.05, 0) is 49.4 Å². The molecule has 1 fully saturated rings. The lowest BCUT2D eigenvalue weighted by atomic mass is 9.75. The smallest absolute Gasteiger partial charge is 0.238 e. The van der Waals surface area contributed by atoms with Crippen LogP contribution in [0.25, 0.3) is 11.1 Å². The number of carbonyl (C=O) groups excluding carboxylic acids is 1. The Kier molecular flexibility index (Phi) is 9.65. The highest BCUT2D eigenvalue weighted by Gasteiger charge is 2.48. The largest absolute Gasteiger partial charge is 0.394 e. The van der Waals surface area contributed by atoms with Gasteiger partial charge in [-0.1, -0.05) is 60.5 Å². The van der Waals surface area contributed by atoms with Gasteiger partial charge in [0.2, 0.25) is 5.91 Å². The summed E-state index contributed by atoms with van der Waals surface area (Å²) in [6, 6.07) is 16.9. The Balaban J connectivity index is 0.00000101. The zero-order valence-corrected chi connectivity index (χ0v) is 19.8. The lowest BCUT2D eigenvalue weighted by Gasteiger charge is -2.54. The molecule has 3 rings (SSSR count). The normalized spacial score (nSPS) is 20.4. The Hall–Kier alpha value is -1.57. The van der Waals surface area contributed by atoms with Crippen LogP contribution in [0.1, 0.15) is 24.0 Å². The first kappa shape index (κ1) is 24.7. The van der Waals surface area contributed by atoms with Crippen molar-refractivity contribution in [3.8, 4) is 11.1 Å². The zero-order chi connectivity index (χ0) is 22.3. The molecule has 1 unspecified atom stereocenters. The van der Waals surface area contributed by atoms with Crippen molar-refractivity contribution in [1.82, 2.24) is 9.21 Å². The molecule has 0 saturated carbocycles. The fourth-order valence-corrected chi connectivity index (χ4v) is 4.34. The van der Waals surface area contributed by atoms with Gasteiger partial charge in [0.15, 0.2) is 0 Å². The standard InChI is InChI=1S/C22H28N2O2S.CH3ClO/c1-15-7-5-6-8-19(15)17-9-11-18(12-10-17)22-16(2)24(20(22)14-25)21(26)13-23(3)27-4;1-3-2/h5-12,16,20,22,25H,13-14H2,1-4H3;1H3/t16-,20+,22?;/m0./s1. The number of aliphatic hydroxyl groups is 1. The number of likely N-dealkylation sites (N-methyl/N-ethyl adjacent to an activating group) is 1. The van der Waals surface area contributed by atoms with Crippen LogP contribution in [0, 0.1) is 6.92 Å². The lowest BCUT2D eigenvalue weighted by molar-refractivity contribution is -0.149. The van der Waals surface area contributed by atoms with Crippen LogP contribution in [-0.4, -0.2) is 65.9 Å². The third-order valence-corrected chi connectivity index (χ3v) is 6.38. The Morgan fingerprint density at radius 3 is 2.37 bits per heavy atom. The van der Waals surface area contributed by atoms with Crippen molar-refractivity contribution < 1.29 is 14.2 Å². The maximum absolute atomic E-state index is 12.6. The molecule has 7 heteroatoms. The van der Waals surface area contributed by atoms with Crippen LogP contribution >= 0.6 is 23.8 Å². The highest BCUT2D eigenvalue weighted by molar-refractivity contribution is 7.96. The fraction of sp³-hybridized carbons (Fsp3) is 0.435. The second-order valence-corrected chi connectivity index (χ2v) is 8.67. The van der Waals surface area contributed by atoms with Gasteiger partial charge in [0.25, 0.3) is 0 Å². The molecule has 1 amide bonds. The van der Waals surface area contributed by atoms with E-state index in [2.05, 4.69) is 78.5 Å². The number of halogens is 1. The van der Waals surface area contributed by atoms with Crippen LogP contribution in [-0.2, 0) is 9.08 Å². The summed E-state index contributed by atoms with van der Waals surface area (Å²) >= 11 is 6.03. The van der Waals surface area contributed by atoms with E-state index in [0.29, 0.717) is 6.54 Å². The first-order valence-corrected chi connectivity index (χ1v) is 11.4. The minimum absolute atomic E-state index is 0.0106. The average molecular weight is 451 g/mol. The molecular weight excluding hydrogens is 420 g/mol. The zero-order valence-electron chi connectivity index (χ0n) is 18.2. The van der Waals surface area contributed by atoms with Crippen LogP contribution < -0.4 is 0 Å². The van der Waals surface area contributed by atoms with E-state index in [0.717, 1.165) is 0 Å². The molecule has 164 valence electrons. The minimum Gasteiger partial charge on any atom is -0.394 e. The van der Waals surface area contributed by atoms with E-state index in [1.54, 1.807) is 0 Å². The first-order chi connectivity index (χ1) is 14.4. The summed E-state index contributed by atoms with van der Waals surface area (Å²) in [6.07, 6.45) is 1.95. The van der Waals surface area contributed by atoms with E-state index < -0.39 is 0 Å². The summed E-state index contributed by atoms with van der Waals surface area (Å²) in [4.78, 5) is 14.4. The maximum atomic E-state index is 12.6. The summed E-state index contributed by atoms with van der Waals surface area (Å²) in [5, 5.41) is 9.90. The Bertz CT molecular complexity index is 818. The van der Waals surface area contributed by atoms with Crippen molar-refractivity contribution in [2.45, 2.75) is 31.8 Å². The topological polar surface area (TPSA) is 53.0 Å². The second kappa shape index (κ2) is 11.7. The number of carbonyl (C=O) groups is 1. The van der Waals surface area contributed by atoms with Crippen molar-refractivity contribution in [3.05, 3.63) is 59.7 Å². The van der Waals surface area contributed by atoms with Crippen molar-refractivity contribution >= 4 is 29.7 Å². The van der Waals surface area contributed by atoms with Gasteiger partial charge in [0.05, 0.1) is 38.2 Å². The van der Waals surface area contributed by atoms with E-state index in [1.807, 2.05) is 22.5 Å². The molecule has 1 aliphatic rings. The molecule has 0 aromatic heterocycles. The maximum Gasteiger partial charge on any atom is 0.238 e. The Morgan fingerprint density at radius 2 is 1.83 bits per heavy atom. The molecule has 0 bridgehead atoms. The third kappa shape index (κ3) is 5.56. The van der Waals surface area contributed by atoms with Crippen molar-refractivity contribution in [1.29, 1.82) is 0 Å². The highest BCUT2D eigenvalue weighted by atomic mass is 35.5. The fourth-order valence-electron chi connectivity index (χ4n) is 4.10. The van der Waals surface area contributed by atoms with Gasteiger partial charge < -0.3 is 10.0 Å². The van der Waals surface area contributed by atoms with Gasteiger partial charge in [-0.2, -0.15) is 0 Å². The van der Waals surface area contributed by atoms with Crippen molar-refractivity contribution in [3.63, 3.8) is 0 Å². The number of amides is 1. The van der Waals surface area contributed by atoms with Gasteiger partial charge in [-0.3, -0.25) is 9.08 Å². The molecule has 1 N–H and O–H groups in total. The molecule has 5 nitrogen and oxygen atoms in total. The predicted molar refractivity (Wildman–Crippen MR) is 126 cm³/mol. The summed E-state index contributed by atoms with van der Waals surface area (Å²) in [5.74, 6) is 0.246. The number of aryl methyl sites for hydroxylation is 1. The SMILES string of the molecule is COCl.CSN(C)CC(=O)N1[C@H](CO)C(c2ccc(-c3ccccc3C)cc2)[C@@H]1C. The van der Waals surface area contributed by atoms with Crippen molar-refractivity contribution in [2.24, 2.45) is 0 Å². The Labute approximate surface area is 189 Å². The van der Waals surface area contributed by atoms with Crippen LogP contribution in [0.4, 0.5) is 0 Å². The first-order valence-electron chi connectivity index (χ1n) is 9.87. The van der Waals surface area contributed by atoms with E-state index in [-0.39, 0.29) is 30.5 Å². The molecule has 30 heavy (non-hydrogen) atoms. The molecule has 0 spiro atoms. The van der Waals surface area contributed by atoms with E-state index >= 15 is 0 Å². The van der Waals surface area contributed by atoms with Gasteiger partial charge >= 0.3 is 0 Å². The lowest BCUT2D eigenvalue weighted by Crippen LogP contribution is -2.65. The van der Waals surface area contributed by atoms with Crippen LogP contribution in [0.2, 0.25) is 0 Å². The summed E-state index contributed by atoms with van der Waals surface area (Å²) in [5.41, 5.74) is 4.87.